The Morgan fingerprint density at radius 2 is 2.00 bits per heavy atom. The predicted molar refractivity (Wildman–Crippen MR) is 74.8 cm³/mol. The summed E-state index contributed by atoms with van der Waals surface area (Å²) in [6, 6.07) is 7.51. The minimum Gasteiger partial charge on any atom is -0.299 e. The van der Waals surface area contributed by atoms with Crippen molar-refractivity contribution in [1.82, 2.24) is 0 Å². The fourth-order valence-corrected chi connectivity index (χ4v) is 2.69. The zero-order valence-electron chi connectivity index (χ0n) is 10.7. The van der Waals surface area contributed by atoms with Crippen LogP contribution < -0.4 is 0 Å². The lowest BCUT2D eigenvalue weighted by atomic mass is 9.81. The molecule has 1 fully saturated rings. The normalized spacial score (nSPS) is 21.9. The highest BCUT2D eigenvalue weighted by Gasteiger charge is 2.36. The third-order valence-electron chi connectivity index (χ3n) is 3.88. The zero-order valence-corrected chi connectivity index (χ0v) is 10.7. The van der Waals surface area contributed by atoms with Gasteiger partial charge in [0.25, 0.3) is 0 Å². The van der Waals surface area contributed by atoms with E-state index in [0.717, 1.165) is 36.7 Å². The number of ketones is 1. The summed E-state index contributed by atoms with van der Waals surface area (Å²) in [6.45, 7) is 0. The van der Waals surface area contributed by atoms with Crippen LogP contribution in [0.25, 0.3) is 5.57 Å². The third-order valence-corrected chi connectivity index (χ3v) is 3.88. The van der Waals surface area contributed by atoms with E-state index in [1.54, 1.807) is 6.07 Å². The Morgan fingerprint density at radius 1 is 1.21 bits per heavy atom. The van der Waals surface area contributed by atoms with Gasteiger partial charge in [0.05, 0.1) is 0 Å². The summed E-state index contributed by atoms with van der Waals surface area (Å²) < 4.78 is 0. The monoisotopic (exact) mass is 252 g/mol. The number of Topliss-reactive ketones (excluding diaryl/α,β-unsaturated/α-hetero) is 1. The van der Waals surface area contributed by atoms with Crippen molar-refractivity contribution in [3.8, 4) is 0 Å². The van der Waals surface area contributed by atoms with E-state index in [9.17, 15) is 9.59 Å². The Hall–Kier alpha value is -1.96. The van der Waals surface area contributed by atoms with Gasteiger partial charge < -0.3 is 0 Å². The van der Waals surface area contributed by atoms with Crippen molar-refractivity contribution in [2.45, 2.75) is 19.3 Å². The summed E-state index contributed by atoms with van der Waals surface area (Å²) in [5.41, 5.74) is 2.57. The molecule has 1 aromatic rings. The maximum atomic E-state index is 12.4. The fourth-order valence-electron chi connectivity index (χ4n) is 2.69. The number of rotatable bonds is 4. The molecule has 0 heterocycles. The Morgan fingerprint density at radius 3 is 2.74 bits per heavy atom. The van der Waals surface area contributed by atoms with Crippen LogP contribution in [0.1, 0.15) is 35.2 Å². The van der Waals surface area contributed by atoms with Crippen LogP contribution >= 0.6 is 0 Å². The average Bonchev–Trinajstić information content (AvgIpc) is 3.31. The highest BCUT2D eigenvalue weighted by Crippen LogP contribution is 2.40. The summed E-state index contributed by atoms with van der Waals surface area (Å²) in [5, 5.41) is 0. The predicted octanol–water partition coefficient (Wildman–Crippen LogP) is 3.44. The average molecular weight is 252 g/mol. The number of benzene rings is 1. The molecule has 0 saturated heterocycles. The van der Waals surface area contributed by atoms with Gasteiger partial charge in [-0.3, -0.25) is 9.59 Å². The summed E-state index contributed by atoms with van der Waals surface area (Å²) >= 11 is 0. The molecule has 0 aromatic heterocycles. The van der Waals surface area contributed by atoms with Crippen molar-refractivity contribution in [3.63, 3.8) is 0 Å². The molecule has 2 heteroatoms. The van der Waals surface area contributed by atoms with Gasteiger partial charge in [0.15, 0.2) is 6.29 Å². The Labute approximate surface area is 112 Å². The van der Waals surface area contributed by atoms with Crippen LogP contribution in [0.2, 0.25) is 0 Å². The van der Waals surface area contributed by atoms with Crippen molar-refractivity contribution < 1.29 is 9.59 Å². The SMILES string of the molecule is O=Cc1ccccc1C1=CC=CCC1C(=O)C1CC1. The molecule has 0 amide bonds. The summed E-state index contributed by atoms with van der Waals surface area (Å²) in [6.07, 6.45) is 9.69. The highest BCUT2D eigenvalue weighted by molar-refractivity contribution is 5.99. The summed E-state index contributed by atoms with van der Waals surface area (Å²) in [7, 11) is 0. The molecule has 1 unspecified atom stereocenters. The molecule has 0 N–H and O–H groups in total. The van der Waals surface area contributed by atoms with Gasteiger partial charge in [-0.1, -0.05) is 42.5 Å². The number of hydrogen-bond acceptors (Lipinski definition) is 2. The van der Waals surface area contributed by atoms with Gasteiger partial charge in [0.1, 0.15) is 5.78 Å². The molecule has 3 rings (SSSR count). The van der Waals surface area contributed by atoms with Crippen LogP contribution in [0.5, 0.6) is 0 Å². The molecular weight excluding hydrogens is 236 g/mol. The molecule has 0 aliphatic heterocycles. The number of carbonyl (C=O) groups excluding carboxylic acids is 2. The molecule has 1 atom stereocenters. The van der Waals surface area contributed by atoms with E-state index in [4.69, 9.17) is 0 Å². The van der Waals surface area contributed by atoms with Crippen molar-refractivity contribution in [1.29, 1.82) is 0 Å². The van der Waals surface area contributed by atoms with Gasteiger partial charge in [-0.05, 0) is 30.4 Å². The molecule has 96 valence electrons. The third kappa shape index (κ3) is 2.30. The van der Waals surface area contributed by atoms with E-state index in [0.29, 0.717) is 11.3 Å². The molecule has 2 aliphatic carbocycles. The quantitative estimate of drug-likeness (QED) is 0.769. The number of allylic oxidation sites excluding steroid dienone is 4. The number of aldehydes is 1. The zero-order chi connectivity index (χ0) is 13.2. The molecule has 1 aromatic carbocycles. The van der Waals surface area contributed by atoms with Crippen molar-refractivity contribution in [3.05, 3.63) is 53.6 Å². The fraction of sp³-hybridized carbons (Fsp3) is 0.294. The lowest BCUT2D eigenvalue weighted by Crippen LogP contribution is -2.19. The first-order valence-corrected chi connectivity index (χ1v) is 6.76. The first-order valence-electron chi connectivity index (χ1n) is 6.76. The minimum absolute atomic E-state index is 0.0707. The standard InChI is InChI=1S/C17H16O2/c18-11-13-5-1-2-6-14(13)15-7-3-4-8-16(15)17(19)12-9-10-12/h1-7,11-12,16H,8-10H2. The van der Waals surface area contributed by atoms with Gasteiger partial charge in [0, 0.05) is 17.4 Å². The van der Waals surface area contributed by atoms with Crippen LogP contribution in [0.3, 0.4) is 0 Å². The molecule has 0 radical (unpaired) electrons. The van der Waals surface area contributed by atoms with E-state index in [2.05, 4.69) is 0 Å². The van der Waals surface area contributed by atoms with Gasteiger partial charge in [0.2, 0.25) is 0 Å². The molecule has 2 nitrogen and oxygen atoms in total. The Kier molecular flexibility index (Phi) is 3.16. The van der Waals surface area contributed by atoms with Crippen LogP contribution in [0, 0.1) is 11.8 Å². The molecule has 1 saturated carbocycles. The highest BCUT2D eigenvalue weighted by atomic mass is 16.1. The van der Waals surface area contributed by atoms with E-state index >= 15 is 0 Å². The summed E-state index contributed by atoms with van der Waals surface area (Å²) in [5.74, 6) is 0.526. The molecule has 0 spiro atoms. The molecule has 2 aliphatic rings. The Bertz CT molecular complexity index is 577. The van der Waals surface area contributed by atoms with Gasteiger partial charge >= 0.3 is 0 Å². The first-order chi connectivity index (χ1) is 9.31. The van der Waals surface area contributed by atoms with E-state index in [1.807, 2.05) is 36.4 Å². The largest absolute Gasteiger partial charge is 0.299 e. The number of hydrogen-bond donors (Lipinski definition) is 0. The molecule has 0 bridgehead atoms. The molecular formula is C17H16O2. The van der Waals surface area contributed by atoms with E-state index < -0.39 is 0 Å². The topological polar surface area (TPSA) is 34.1 Å². The van der Waals surface area contributed by atoms with E-state index in [1.165, 1.54) is 0 Å². The van der Waals surface area contributed by atoms with Gasteiger partial charge in [-0.25, -0.2) is 0 Å². The van der Waals surface area contributed by atoms with E-state index in [-0.39, 0.29) is 11.8 Å². The maximum absolute atomic E-state index is 12.4. The second-order valence-corrected chi connectivity index (χ2v) is 5.22. The second-order valence-electron chi connectivity index (χ2n) is 5.22. The van der Waals surface area contributed by atoms with Crippen molar-refractivity contribution in [2.24, 2.45) is 11.8 Å². The second kappa shape index (κ2) is 4.96. The van der Waals surface area contributed by atoms with Crippen molar-refractivity contribution >= 4 is 17.6 Å². The van der Waals surface area contributed by atoms with Crippen LogP contribution in [0.15, 0.2) is 42.5 Å². The van der Waals surface area contributed by atoms with Crippen LogP contribution in [-0.2, 0) is 4.79 Å². The van der Waals surface area contributed by atoms with Gasteiger partial charge in [-0.15, -0.1) is 0 Å². The smallest absolute Gasteiger partial charge is 0.150 e. The lowest BCUT2D eigenvalue weighted by molar-refractivity contribution is -0.122. The van der Waals surface area contributed by atoms with Gasteiger partial charge in [-0.2, -0.15) is 0 Å². The summed E-state index contributed by atoms with van der Waals surface area (Å²) in [4.78, 5) is 23.5. The maximum Gasteiger partial charge on any atom is 0.150 e. The van der Waals surface area contributed by atoms with Crippen LogP contribution in [0.4, 0.5) is 0 Å². The lowest BCUT2D eigenvalue weighted by Gasteiger charge is -2.21. The minimum atomic E-state index is -0.0707. The first kappa shape index (κ1) is 12.1. The number of carbonyl (C=O) groups is 2. The Balaban J connectivity index is 2.00. The van der Waals surface area contributed by atoms with Crippen molar-refractivity contribution in [2.75, 3.05) is 0 Å². The van der Waals surface area contributed by atoms with Crippen LogP contribution in [-0.4, -0.2) is 12.1 Å². The molecule has 19 heavy (non-hydrogen) atoms.